The van der Waals surface area contributed by atoms with Crippen LogP contribution in [-0.2, 0) is 6.42 Å². The molecule has 0 saturated carbocycles. The first kappa shape index (κ1) is 16.8. The molecule has 1 aromatic heterocycles. The monoisotopic (exact) mass is 363 g/mol. The number of benzene rings is 2. The number of nitrogens with zero attached hydrogens (tertiary/aromatic N) is 3. The maximum absolute atomic E-state index is 12.1. The van der Waals surface area contributed by atoms with E-state index >= 15 is 0 Å². The van der Waals surface area contributed by atoms with Crippen LogP contribution in [0.4, 0.5) is 0 Å². The van der Waals surface area contributed by atoms with Gasteiger partial charge in [-0.1, -0.05) is 12.1 Å². The molecule has 0 aliphatic carbocycles. The van der Waals surface area contributed by atoms with E-state index in [0.717, 1.165) is 26.9 Å². The minimum atomic E-state index is -0.814. The van der Waals surface area contributed by atoms with Crippen molar-refractivity contribution in [3.05, 3.63) is 84.7 Å². The average Bonchev–Trinajstić information content (AvgIpc) is 2.66. The summed E-state index contributed by atoms with van der Waals surface area (Å²) >= 11 is 0. The van der Waals surface area contributed by atoms with Crippen molar-refractivity contribution >= 4 is 0 Å². The van der Waals surface area contributed by atoms with Crippen molar-refractivity contribution < 1.29 is 6.48 Å². The number of hydrogen-bond donors (Lipinski definition) is 2. The Kier molecular flexibility index (Phi) is 4.30. The highest BCUT2D eigenvalue weighted by Crippen LogP contribution is 2.24. The third kappa shape index (κ3) is 3.51. The van der Waals surface area contributed by atoms with Crippen molar-refractivity contribution in [2.24, 2.45) is 0 Å². The molecule has 0 saturated heterocycles. The molecule has 27 heavy (non-hydrogen) atoms. The van der Waals surface area contributed by atoms with Gasteiger partial charge in [-0.15, -0.1) is 5.10 Å². The van der Waals surface area contributed by atoms with Gasteiger partial charge in [0.05, 0.1) is 5.69 Å². The summed E-state index contributed by atoms with van der Waals surface area (Å²) in [5.74, 6) is 0.111. The van der Waals surface area contributed by atoms with E-state index in [0.29, 0.717) is 17.7 Å². The molecular weight excluding hydrogens is 344 g/mol. The molecule has 136 valence electrons. The highest BCUT2D eigenvalue weighted by molar-refractivity contribution is 5.47. The van der Waals surface area contributed by atoms with Crippen LogP contribution in [0.5, 0.6) is 5.75 Å². The van der Waals surface area contributed by atoms with Gasteiger partial charge in [0.25, 0.3) is 5.56 Å². The van der Waals surface area contributed by atoms with Crippen LogP contribution in [-0.4, -0.2) is 19.9 Å². The van der Waals surface area contributed by atoms with E-state index in [-0.39, 0.29) is 18.3 Å². The van der Waals surface area contributed by atoms with Crippen LogP contribution in [0.2, 0.25) is 0 Å². The number of phenolic OH excluding ortho intramolecular Hbond substituents is 1. The van der Waals surface area contributed by atoms with Gasteiger partial charge in [0.15, 0.2) is 0 Å². The van der Waals surface area contributed by atoms with Gasteiger partial charge in [-0.05, 0) is 73.2 Å². The van der Waals surface area contributed by atoms with Crippen molar-refractivity contribution in [2.45, 2.75) is 27.2 Å². The quantitative estimate of drug-likeness (QED) is 0.739. The maximum Gasteiger partial charge on any atom is 0.349 e. The number of nitrogens with one attached hydrogen (secondary N) is 1. The SMILES string of the molecule is [2H]Cc1cc(Cc2c(C)cc(-n3nc(C#N)c(=O)[nH]c3=O)cc2C)ccc1O. The molecule has 0 amide bonds. The molecule has 3 aromatic rings. The zero-order valence-electron chi connectivity index (χ0n) is 15.9. The minimum Gasteiger partial charge on any atom is -0.508 e. The lowest BCUT2D eigenvalue weighted by Gasteiger charge is -2.14. The number of hydrogen-bond acceptors (Lipinski definition) is 5. The van der Waals surface area contributed by atoms with E-state index in [1.54, 1.807) is 24.3 Å². The zero-order valence-corrected chi connectivity index (χ0v) is 14.9. The number of rotatable bonds is 3. The normalized spacial score (nSPS) is 11.1. The predicted molar refractivity (Wildman–Crippen MR) is 100 cm³/mol. The summed E-state index contributed by atoms with van der Waals surface area (Å²) in [7, 11) is 0. The summed E-state index contributed by atoms with van der Waals surface area (Å²) in [6, 6.07) is 10.4. The predicted octanol–water partition coefficient (Wildman–Crippen LogP) is 2.01. The molecule has 0 atom stereocenters. The summed E-state index contributed by atoms with van der Waals surface area (Å²) in [6.45, 7) is 3.80. The number of H-pyrrole nitrogens is 1. The second-order valence-corrected chi connectivity index (χ2v) is 6.33. The van der Waals surface area contributed by atoms with Gasteiger partial charge in [0.2, 0.25) is 5.69 Å². The molecule has 2 N–H and O–H groups in total. The van der Waals surface area contributed by atoms with Gasteiger partial charge >= 0.3 is 5.69 Å². The van der Waals surface area contributed by atoms with Crippen LogP contribution < -0.4 is 11.2 Å². The molecule has 0 aliphatic heterocycles. The fourth-order valence-electron chi connectivity index (χ4n) is 2.97. The molecule has 1 heterocycles. The number of aromatic amines is 1. The molecule has 7 nitrogen and oxygen atoms in total. The topological polar surface area (TPSA) is 112 Å². The second kappa shape index (κ2) is 6.92. The molecule has 0 spiro atoms. The van der Waals surface area contributed by atoms with E-state index in [1.807, 2.05) is 26.0 Å². The third-order valence-corrected chi connectivity index (χ3v) is 4.38. The van der Waals surface area contributed by atoms with Crippen LogP contribution in [0, 0.1) is 32.1 Å². The van der Waals surface area contributed by atoms with Crippen LogP contribution in [0.1, 0.15) is 34.9 Å². The molecule has 7 heteroatoms. The lowest BCUT2D eigenvalue weighted by Crippen LogP contribution is -2.33. The molecule has 0 aliphatic rings. The van der Waals surface area contributed by atoms with Gasteiger partial charge in [-0.3, -0.25) is 9.78 Å². The Balaban J connectivity index is 2.04. The van der Waals surface area contributed by atoms with E-state index in [2.05, 4.69) is 10.1 Å². The first-order valence-corrected chi connectivity index (χ1v) is 8.18. The van der Waals surface area contributed by atoms with Gasteiger partial charge in [0, 0.05) is 1.37 Å². The largest absolute Gasteiger partial charge is 0.508 e. The Morgan fingerprint density at radius 3 is 2.56 bits per heavy atom. The molecular formula is C20H18N4O3. The van der Waals surface area contributed by atoms with Gasteiger partial charge in [0.1, 0.15) is 11.8 Å². The van der Waals surface area contributed by atoms with Crippen molar-refractivity contribution in [3.8, 4) is 17.5 Å². The summed E-state index contributed by atoms with van der Waals surface area (Å²) in [5.41, 5.74) is 2.94. The van der Waals surface area contributed by atoms with Crippen LogP contribution in [0.3, 0.4) is 0 Å². The number of aromatic hydroxyl groups is 1. The Morgan fingerprint density at radius 1 is 1.22 bits per heavy atom. The number of nitriles is 1. The molecule has 0 unspecified atom stereocenters. The Morgan fingerprint density at radius 2 is 1.93 bits per heavy atom. The van der Waals surface area contributed by atoms with E-state index in [1.165, 1.54) is 0 Å². The molecule has 0 fully saturated rings. The second-order valence-electron chi connectivity index (χ2n) is 6.33. The van der Waals surface area contributed by atoms with Crippen LogP contribution >= 0.6 is 0 Å². The lowest BCUT2D eigenvalue weighted by molar-refractivity contribution is 0.471. The highest BCUT2D eigenvalue weighted by atomic mass is 16.3. The number of phenols is 1. The van der Waals surface area contributed by atoms with Crippen molar-refractivity contribution in [3.63, 3.8) is 0 Å². The Labute approximate surface area is 156 Å². The van der Waals surface area contributed by atoms with Crippen molar-refractivity contribution in [1.29, 1.82) is 5.26 Å². The van der Waals surface area contributed by atoms with E-state index in [9.17, 15) is 14.7 Å². The Bertz CT molecular complexity index is 1200. The fourth-order valence-corrected chi connectivity index (χ4v) is 2.97. The Hall–Kier alpha value is -3.66. The fraction of sp³-hybridized carbons (Fsp3) is 0.200. The first-order valence-electron chi connectivity index (χ1n) is 8.89. The standard InChI is InChI=1S/C20H18N4O3/c1-11-7-15(24-20(27)22-19(26)17(10-21)23-24)8-12(2)16(11)9-14-4-5-18(25)13(3)6-14/h4-8,25H,9H2,1-3H3,(H,22,26,27)/i3D. The van der Waals surface area contributed by atoms with Crippen LogP contribution in [0.15, 0.2) is 39.9 Å². The lowest BCUT2D eigenvalue weighted by atomic mass is 9.94. The van der Waals surface area contributed by atoms with Crippen LogP contribution in [0.25, 0.3) is 5.69 Å². The van der Waals surface area contributed by atoms with Gasteiger partial charge in [-0.2, -0.15) is 9.94 Å². The third-order valence-electron chi connectivity index (χ3n) is 4.38. The first-order chi connectivity index (χ1) is 13.3. The smallest absolute Gasteiger partial charge is 0.349 e. The number of aromatic nitrogens is 3. The summed E-state index contributed by atoms with van der Waals surface area (Å²) < 4.78 is 8.49. The zero-order chi connectivity index (χ0) is 20.4. The molecule has 0 bridgehead atoms. The summed E-state index contributed by atoms with van der Waals surface area (Å²) in [6.07, 6.45) is 0.600. The summed E-state index contributed by atoms with van der Waals surface area (Å²) in [5, 5.41) is 22.6. The molecule has 3 rings (SSSR count). The summed E-state index contributed by atoms with van der Waals surface area (Å²) in [4.78, 5) is 25.7. The van der Waals surface area contributed by atoms with Crippen molar-refractivity contribution in [1.82, 2.24) is 14.8 Å². The number of aryl methyl sites for hydroxylation is 3. The van der Waals surface area contributed by atoms with Crippen molar-refractivity contribution in [2.75, 3.05) is 0 Å². The maximum atomic E-state index is 12.1. The molecule has 0 radical (unpaired) electrons. The highest BCUT2D eigenvalue weighted by Gasteiger charge is 2.12. The van der Waals surface area contributed by atoms with E-state index in [4.69, 9.17) is 6.63 Å². The van der Waals surface area contributed by atoms with E-state index < -0.39 is 11.2 Å². The van der Waals surface area contributed by atoms with Gasteiger partial charge < -0.3 is 5.11 Å². The molecule has 2 aromatic carbocycles. The van der Waals surface area contributed by atoms with Gasteiger partial charge in [-0.25, -0.2) is 4.79 Å². The minimum absolute atomic E-state index is 0.00139. The average molecular weight is 363 g/mol.